The number of piperidine rings is 1. The number of ketones is 1. The van der Waals surface area contributed by atoms with Crippen molar-refractivity contribution in [2.24, 2.45) is 5.92 Å². The van der Waals surface area contributed by atoms with Gasteiger partial charge in [-0.2, -0.15) is 0 Å². The van der Waals surface area contributed by atoms with Gasteiger partial charge in [0, 0.05) is 43.5 Å². The number of hydrogen-bond donors (Lipinski definition) is 1. The SMILES string of the molecule is O=C(c1cnc(N2CCCC2)nc1)C1CC2COCC(C1)N2. The molecule has 0 saturated carbocycles. The molecule has 2 bridgehead atoms. The van der Waals surface area contributed by atoms with Crippen molar-refractivity contribution in [3.63, 3.8) is 0 Å². The lowest BCUT2D eigenvalue weighted by molar-refractivity contribution is 0.00951. The first-order valence-electron chi connectivity index (χ1n) is 8.24. The van der Waals surface area contributed by atoms with E-state index in [1.54, 1.807) is 12.4 Å². The molecule has 1 N–H and O–H groups in total. The molecular formula is C16H22N4O2. The Morgan fingerprint density at radius 1 is 1.14 bits per heavy atom. The van der Waals surface area contributed by atoms with E-state index in [0.717, 1.165) is 31.9 Å². The maximum atomic E-state index is 12.7. The summed E-state index contributed by atoms with van der Waals surface area (Å²) in [5.74, 6) is 1.01. The summed E-state index contributed by atoms with van der Waals surface area (Å²) in [7, 11) is 0. The van der Waals surface area contributed by atoms with Crippen molar-refractivity contribution in [3.05, 3.63) is 18.0 Å². The van der Waals surface area contributed by atoms with Gasteiger partial charge in [0.25, 0.3) is 0 Å². The fourth-order valence-electron chi connectivity index (χ4n) is 3.82. The van der Waals surface area contributed by atoms with Crippen molar-refractivity contribution >= 4 is 11.7 Å². The second kappa shape index (κ2) is 5.93. The van der Waals surface area contributed by atoms with Crippen molar-refractivity contribution in [1.82, 2.24) is 15.3 Å². The van der Waals surface area contributed by atoms with Crippen LogP contribution in [0.2, 0.25) is 0 Å². The highest BCUT2D eigenvalue weighted by atomic mass is 16.5. The lowest BCUT2D eigenvalue weighted by Crippen LogP contribution is -2.55. The Kier molecular flexibility index (Phi) is 3.80. The second-order valence-corrected chi connectivity index (χ2v) is 6.60. The van der Waals surface area contributed by atoms with Crippen molar-refractivity contribution in [2.75, 3.05) is 31.2 Å². The van der Waals surface area contributed by atoms with Crippen LogP contribution in [0.5, 0.6) is 0 Å². The molecule has 0 amide bonds. The quantitative estimate of drug-likeness (QED) is 0.841. The van der Waals surface area contributed by atoms with E-state index < -0.39 is 0 Å². The van der Waals surface area contributed by atoms with E-state index in [1.807, 2.05) is 0 Å². The molecule has 3 aliphatic rings. The smallest absolute Gasteiger partial charge is 0.225 e. The number of rotatable bonds is 3. The highest BCUT2D eigenvalue weighted by Crippen LogP contribution is 2.27. The number of Topliss-reactive ketones (excluding diaryl/α,β-unsaturated/α-hetero) is 1. The summed E-state index contributed by atoms with van der Waals surface area (Å²) in [6.45, 7) is 3.46. The van der Waals surface area contributed by atoms with Gasteiger partial charge in [-0.15, -0.1) is 0 Å². The molecule has 4 rings (SSSR count). The molecule has 6 heteroatoms. The molecule has 0 aromatic carbocycles. The van der Waals surface area contributed by atoms with E-state index in [1.165, 1.54) is 12.8 Å². The summed E-state index contributed by atoms with van der Waals surface area (Å²) in [4.78, 5) is 23.7. The number of fused-ring (bicyclic) bond motifs is 2. The summed E-state index contributed by atoms with van der Waals surface area (Å²) in [5, 5.41) is 3.52. The summed E-state index contributed by atoms with van der Waals surface area (Å²) in [5.41, 5.74) is 0.647. The summed E-state index contributed by atoms with van der Waals surface area (Å²) in [6.07, 6.45) is 7.51. The van der Waals surface area contributed by atoms with Gasteiger partial charge < -0.3 is 15.0 Å². The fraction of sp³-hybridized carbons (Fsp3) is 0.688. The maximum absolute atomic E-state index is 12.7. The van der Waals surface area contributed by atoms with Crippen molar-refractivity contribution in [1.29, 1.82) is 0 Å². The molecule has 0 aliphatic carbocycles. The van der Waals surface area contributed by atoms with Crippen LogP contribution in [0.15, 0.2) is 12.4 Å². The summed E-state index contributed by atoms with van der Waals surface area (Å²) in [6, 6.07) is 0.623. The van der Waals surface area contributed by atoms with E-state index in [-0.39, 0.29) is 11.7 Å². The third kappa shape index (κ3) is 2.73. The normalized spacial score (nSPS) is 31.3. The zero-order chi connectivity index (χ0) is 14.9. The monoisotopic (exact) mass is 302 g/mol. The Labute approximate surface area is 130 Å². The Morgan fingerprint density at radius 2 is 1.77 bits per heavy atom. The lowest BCUT2D eigenvalue weighted by Gasteiger charge is -2.39. The van der Waals surface area contributed by atoms with Gasteiger partial charge in [-0.05, 0) is 25.7 Å². The number of aromatic nitrogens is 2. The van der Waals surface area contributed by atoms with Gasteiger partial charge in [0.15, 0.2) is 5.78 Å². The molecule has 2 unspecified atom stereocenters. The Morgan fingerprint density at radius 3 is 2.41 bits per heavy atom. The topological polar surface area (TPSA) is 67.4 Å². The number of nitrogens with zero attached hydrogens (tertiary/aromatic N) is 3. The van der Waals surface area contributed by atoms with E-state index >= 15 is 0 Å². The molecule has 22 heavy (non-hydrogen) atoms. The average Bonchev–Trinajstić information content (AvgIpc) is 3.08. The van der Waals surface area contributed by atoms with Crippen LogP contribution in [0, 0.1) is 5.92 Å². The van der Waals surface area contributed by atoms with Gasteiger partial charge in [0.1, 0.15) is 0 Å². The Hall–Kier alpha value is -1.53. The number of nitrogens with one attached hydrogen (secondary N) is 1. The van der Waals surface area contributed by atoms with Crippen LogP contribution in [-0.4, -0.2) is 54.1 Å². The molecule has 3 aliphatic heterocycles. The van der Waals surface area contributed by atoms with Crippen LogP contribution in [0.25, 0.3) is 0 Å². The molecule has 3 saturated heterocycles. The third-order valence-corrected chi connectivity index (χ3v) is 4.93. The van der Waals surface area contributed by atoms with Crippen LogP contribution < -0.4 is 10.2 Å². The van der Waals surface area contributed by atoms with E-state index in [0.29, 0.717) is 30.9 Å². The first-order valence-corrected chi connectivity index (χ1v) is 8.24. The van der Waals surface area contributed by atoms with Crippen LogP contribution in [0.1, 0.15) is 36.0 Å². The molecule has 2 atom stereocenters. The largest absolute Gasteiger partial charge is 0.378 e. The van der Waals surface area contributed by atoms with Crippen molar-refractivity contribution in [3.8, 4) is 0 Å². The zero-order valence-corrected chi connectivity index (χ0v) is 12.7. The molecule has 3 fully saturated rings. The lowest BCUT2D eigenvalue weighted by atomic mass is 9.82. The van der Waals surface area contributed by atoms with Gasteiger partial charge in [-0.1, -0.05) is 0 Å². The molecule has 118 valence electrons. The second-order valence-electron chi connectivity index (χ2n) is 6.60. The van der Waals surface area contributed by atoms with Crippen molar-refractivity contribution < 1.29 is 9.53 Å². The van der Waals surface area contributed by atoms with E-state index in [9.17, 15) is 4.79 Å². The molecule has 0 radical (unpaired) electrons. The third-order valence-electron chi connectivity index (χ3n) is 4.93. The Bertz CT molecular complexity index is 530. The molecule has 4 heterocycles. The Balaban J connectivity index is 1.45. The number of anilines is 1. The number of hydrogen-bond acceptors (Lipinski definition) is 6. The number of carbonyl (C=O) groups excluding carboxylic acids is 1. The summed E-state index contributed by atoms with van der Waals surface area (Å²) < 4.78 is 5.54. The van der Waals surface area contributed by atoms with Crippen LogP contribution in [0.3, 0.4) is 0 Å². The highest BCUT2D eigenvalue weighted by molar-refractivity contribution is 5.97. The van der Waals surface area contributed by atoms with Gasteiger partial charge in [0.2, 0.25) is 5.95 Å². The minimum atomic E-state index is 0.0707. The van der Waals surface area contributed by atoms with Gasteiger partial charge in [0.05, 0.1) is 18.8 Å². The van der Waals surface area contributed by atoms with Crippen LogP contribution in [0.4, 0.5) is 5.95 Å². The van der Waals surface area contributed by atoms with Crippen LogP contribution in [-0.2, 0) is 4.74 Å². The molecular weight excluding hydrogens is 280 g/mol. The minimum Gasteiger partial charge on any atom is -0.378 e. The standard InChI is InChI=1S/C16H22N4O2/c21-15(11-5-13-9-22-10-14(6-11)19-13)12-7-17-16(18-8-12)20-3-1-2-4-20/h7-8,11,13-14,19H,1-6,9-10H2. The molecule has 6 nitrogen and oxygen atoms in total. The average molecular weight is 302 g/mol. The van der Waals surface area contributed by atoms with E-state index in [4.69, 9.17) is 4.74 Å². The zero-order valence-electron chi connectivity index (χ0n) is 12.7. The van der Waals surface area contributed by atoms with Gasteiger partial charge in [-0.3, -0.25) is 4.79 Å². The van der Waals surface area contributed by atoms with Crippen molar-refractivity contribution in [2.45, 2.75) is 37.8 Å². The minimum absolute atomic E-state index is 0.0707. The molecule has 1 aromatic rings. The summed E-state index contributed by atoms with van der Waals surface area (Å²) >= 11 is 0. The first kappa shape index (κ1) is 14.1. The maximum Gasteiger partial charge on any atom is 0.225 e. The predicted molar refractivity (Wildman–Crippen MR) is 82.1 cm³/mol. The predicted octanol–water partition coefficient (Wildman–Crippen LogP) is 1.03. The number of carbonyl (C=O) groups is 1. The molecule has 1 aromatic heterocycles. The highest BCUT2D eigenvalue weighted by Gasteiger charge is 2.35. The van der Waals surface area contributed by atoms with Crippen LogP contribution >= 0.6 is 0 Å². The fourth-order valence-corrected chi connectivity index (χ4v) is 3.82. The molecule has 0 spiro atoms. The first-order chi connectivity index (χ1) is 10.8. The van der Waals surface area contributed by atoms with Gasteiger partial charge >= 0.3 is 0 Å². The van der Waals surface area contributed by atoms with E-state index in [2.05, 4.69) is 20.2 Å². The van der Waals surface area contributed by atoms with Gasteiger partial charge in [-0.25, -0.2) is 9.97 Å². The number of morpholine rings is 1. The number of ether oxygens (including phenoxy) is 1.